The number of aromatic nitrogens is 2. The van der Waals surface area contributed by atoms with Crippen molar-refractivity contribution in [1.82, 2.24) is 14.8 Å². The highest BCUT2D eigenvalue weighted by Crippen LogP contribution is 2.39. The van der Waals surface area contributed by atoms with Crippen LogP contribution in [0.5, 0.6) is 5.88 Å². The molecule has 0 spiro atoms. The van der Waals surface area contributed by atoms with E-state index in [9.17, 15) is 18.4 Å². The lowest BCUT2D eigenvalue weighted by atomic mass is 9.82. The summed E-state index contributed by atoms with van der Waals surface area (Å²) in [6.45, 7) is 9.00. The molecule has 0 N–H and O–H groups in total. The fourth-order valence-corrected chi connectivity index (χ4v) is 7.02. The van der Waals surface area contributed by atoms with Crippen molar-refractivity contribution >= 4 is 15.7 Å². The number of carbonyl (C=O) groups excluding carboxylic acids is 1. The molecule has 5 rings (SSSR count). The van der Waals surface area contributed by atoms with Gasteiger partial charge >= 0.3 is 0 Å². The third-order valence-corrected chi connectivity index (χ3v) is 10.3. The largest absolute Gasteiger partial charge is 0.618 e. The molecule has 2 fully saturated rings. The van der Waals surface area contributed by atoms with Crippen LogP contribution in [0.3, 0.4) is 0 Å². The maximum atomic E-state index is 13.4. The lowest BCUT2D eigenvalue weighted by Gasteiger charge is -2.49. The fourth-order valence-electron chi connectivity index (χ4n) is 6.39. The molecule has 1 atom stereocenters. The average Bonchev–Trinajstić information content (AvgIpc) is 2.98. The molecule has 0 radical (unpaired) electrons. The molecule has 0 aliphatic carbocycles. The van der Waals surface area contributed by atoms with Gasteiger partial charge in [-0.3, -0.25) is 9.69 Å². The van der Waals surface area contributed by atoms with Crippen LogP contribution in [-0.2, 0) is 9.84 Å². The predicted molar refractivity (Wildman–Crippen MR) is 160 cm³/mol. The van der Waals surface area contributed by atoms with E-state index >= 15 is 0 Å². The van der Waals surface area contributed by atoms with Gasteiger partial charge in [0.15, 0.2) is 16.0 Å². The van der Waals surface area contributed by atoms with Crippen molar-refractivity contribution in [2.75, 3.05) is 32.4 Å². The van der Waals surface area contributed by atoms with E-state index in [0.29, 0.717) is 35.1 Å². The molecule has 2 aromatic heterocycles. The number of nitrogens with zero attached hydrogens (tertiary/aromatic N) is 4. The summed E-state index contributed by atoms with van der Waals surface area (Å²) in [5.41, 5.74) is 2.71. The summed E-state index contributed by atoms with van der Waals surface area (Å²) in [5.74, 6) is 0.722. The van der Waals surface area contributed by atoms with Gasteiger partial charge in [-0.1, -0.05) is 18.2 Å². The topological polar surface area (TPSA) is 107 Å². The molecule has 9 nitrogen and oxygen atoms in total. The highest BCUT2D eigenvalue weighted by atomic mass is 32.2. The molecular formula is C32H40N4O5S. The number of piperidine rings is 2. The summed E-state index contributed by atoms with van der Waals surface area (Å²) in [6.07, 6.45) is 7.72. The lowest BCUT2D eigenvalue weighted by Crippen LogP contribution is -2.57. The Morgan fingerprint density at radius 2 is 1.71 bits per heavy atom. The van der Waals surface area contributed by atoms with E-state index in [1.54, 1.807) is 31.3 Å². The first kappa shape index (κ1) is 30.0. The maximum Gasteiger partial charge on any atom is 0.260 e. The molecule has 224 valence electrons. The summed E-state index contributed by atoms with van der Waals surface area (Å²) in [4.78, 5) is 22.5. The second-order valence-electron chi connectivity index (χ2n) is 11.9. The zero-order valence-corrected chi connectivity index (χ0v) is 25.6. The Morgan fingerprint density at radius 1 is 1.05 bits per heavy atom. The molecular weight excluding hydrogens is 552 g/mol. The van der Waals surface area contributed by atoms with Crippen LogP contribution in [0.25, 0.3) is 0 Å². The summed E-state index contributed by atoms with van der Waals surface area (Å²) >= 11 is 0. The minimum Gasteiger partial charge on any atom is -0.618 e. The minimum absolute atomic E-state index is 0.0184. The smallest absolute Gasteiger partial charge is 0.260 e. The van der Waals surface area contributed by atoms with Crippen molar-refractivity contribution in [3.05, 3.63) is 88.5 Å². The molecule has 4 heterocycles. The third-order valence-electron chi connectivity index (χ3n) is 9.14. The maximum absolute atomic E-state index is 13.4. The second-order valence-corrected chi connectivity index (χ2v) is 14.0. The Labute approximate surface area is 248 Å². The number of amides is 1. The normalized spacial score (nSPS) is 18.9. The molecule has 1 unspecified atom stereocenters. The number of hydrogen-bond acceptors (Lipinski definition) is 7. The molecule has 2 aliphatic rings. The number of ether oxygens (including phenoxy) is 1. The van der Waals surface area contributed by atoms with Crippen LogP contribution in [0.15, 0.2) is 65.8 Å². The predicted octanol–water partition coefficient (Wildman–Crippen LogP) is 4.26. The van der Waals surface area contributed by atoms with Gasteiger partial charge in [0, 0.05) is 56.1 Å². The SMILES string of the molecule is Cc1cc[n+]([O-])c(C)c1C(=O)N1CCC(C)(N2CCC(C(Oc3ccccn3)c3ccc(S(C)(=O)=O)cc3)CC2)CC1. The first-order valence-electron chi connectivity index (χ1n) is 14.6. The number of aryl methyl sites for hydroxylation is 1. The number of rotatable bonds is 7. The van der Waals surface area contributed by atoms with Gasteiger partial charge in [-0.25, -0.2) is 13.4 Å². The van der Waals surface area contributed by atoms with Crippen molar-refractivity contribution < 1.29 is 22.7 Å². The molecule has 2 aliphatic heterocycles. The number of pyridine rings is 2. The number of hydrogen-bond donors (Lipinski definition) is 0. The summed E-state index contributed by atoms with van der Waals surface area (Å²) in [7, 11) is -3.29. The van der Waals surface area contributed by atoms with E-state index in [2.05, 4.69) is 16.8 Å². The van der Waals surface area contributed by atoms with Crippen LogP contribution in [0.2, 0.25) is 0 Å². The minimum atomic E-state index is -3.29. The van der Waals surface area contributed by atoms with Gasteiger partial charge in [0.1, 0.15) is 11.7 Å². The highest BCUT2D eigenvalue weighted by Gasteiger charge is 2.41. The first-order valence-corrected chi connectivity index (χ1v) is 16.5. The number of carbonyl (C=O) groups is 1. The number of sulfone groups is 1. The zero-order valence-electron chi connectivity index (χ0n) is 24.8. The Balaban J connectivity index is 1.25. The lowest BCUT2D eigenvalue weighted by molar-refractivity contribution is -0.612. The van der Waals surface area contributed by atoms with E-state index in [-0.39, 0.29) is 23.5 Å². The fraction of sp³-hybridized carbons (Fsp3) is 0.469. The van der Waals surface area contributed by atoms with Gasteiger partial charge in [-0.15, -0.1) is 0 Å². The van der Waals surface area contributed by atoms with Gasteiger partial charge in [0.05, 0.1) is 4.90 Å². The van der Waals surface area contributed by atoms with Gasteiger partial charge in [0.25, 0.3) is 5.91 Å². The molecule has 0 saturated carbocycles. The molecule has 3 aromatic rings. The van der Waals surface area contributed by atoms with Crippen LogP contribution in [0, 0.1) is 25.0 Å². The van der Waals surface area contributed by atoms with E-state index < -0.39 is 9.84 Å². The summed E-state index contributed by atoms with van der Waals surface area (Å²) in [5, 5.41) is 12.1. The van der Waals surface area contributed by atoms with Crippen LogP contribution in [-0.4, -0.2) is 67.1 Å². The summed E-state index contributed by atoms with van der Waals surface area (Å²) in [6, 6.07) is 14.3. The van der Waals surface area contributed by atoms with Crippen LogP contribution in [0.1, 0.15) is 65.9 Å². The van der Waals surface area contributed by atoms with Crippen LogP contribution in [0.4, 0.5) is 0 Å². The van der Waals surface area contributed by atoms with E-state index in [4.69, 9.17) is 4.74 Å². The van der Waals surface area contributed by atoms with Gasteiger partial charge in [0.2, 0.25) is 11.6 Å². The Hall–Kier alpha value is -3.50. The first-order chi connectivity index (χ1) is 20.0. The van der Waals surface area contributed by atoms with Gasteiger partial charge < -0.3 is 14.8 Å². The zero-order chi connectivity index (χ0) is 30.1. The van der Waals surface area contributed by atoms with Crippen molar-refractivity contribution in [3.8, 4) is 5.88 Å². The monoisotopic (exact) mass is 592 g/mol. The van der Waals surface area contributed by atoms with Gasteiger partial charge in [-0.2, -0.15) is 4.73 Å². The van der Waals surface area contributed by atoms with Crippen molar-refractivity contribution in [2.45, 2.75) is 63.0 Å². The van der Waals surface area contributed by atoms with Gasteiger partial charge in [-0.05, 0) is 81.9 Å². The van der Waals surface area contributed by atoms with Crippen molar-refractivity contribution in [2.24, 2.45) is 5.92 Å². The Bertz CT molecular complexity index is 1510. The van der Waals surface area contributed by atoms with E-state index in [1.807, 2.05) is 42.2 Å². The highest BCUT2D eigenvalue weighted by molar-refractivity contribution is 7.90. The van der Waals surface area contributed by atoms with Crippen molar-refractivity contribution in [3.63, 3.8) is 0 Å². The number of benzene rings is 1. The quantitative estimate of drug-likeness (QED) is 0.298. The molecule has 0 bridgehead atoms. The Kier molecular flexibility index (Phi) is 8.57. The molecule has 2 saturated heterocycles. The summed E-state index contributed by atoms with van der Waals surface area (Å²) < 4.78 is 31.2. The van der Waals surface area contributed by atoms with E-state index in [1.165, 1.54) is 12.5 Å². The van der Waals surface area contributed by atoms with Crippen molar-refractivity contribution in [1.29, 1.82) is 0 Å². The van der Waals surface area contributed by atoms with Crippen LogP contribution < -0.4 is 9.47 Å². The van der Waals surface area contributed by atoms with E-state index in [0.717, 1.165) is 54.6 Å². The molecule has 1 amide bonds. The molecule has 42 heavy (non-hydrogen) atoms. The average molecular weight is 593 g/mol. The standard InChI is InChI=1S/C32H40N4O5S/c1-23-12-20-36(38)24(2)29(23)31(37)34-21-15-32(3,16-22-34)35-18-13-26(14-19-35)30(41-28-7-5-6-17-33-28)25-8-10-27(11-9-25)42(4,39)40/h5-12,17,20,26,30H,13-16,18-19,21-22H2,1-4H3. The van der Waals surface area contributed by atoms with Crippen LogP contribution >= 0.6 is 0 Å². The molecule has 1 aromatic carbocycles. The molecule has 10 heteroatoms. The third kappa shape index (κ3) is 6.29. The second kappa shape index (κ2) is 12.0. The Morgan fingerprint density at radius 3 is 2.31 bits per heavy atom. The number of likely N-dealkylation sites (tertiary alicyclic amines) is 2.